The molecule has 0 aliphatic carbocycles. The smallest absolute Gasteiger partial charge is 0.287 e. The van der Waals surface area contributed by atoms with E-state index in [4.69, 9.17) is 9.72 Å². The molecule has 0 radical (unpaired) electrons. The molecule has 1 aliphatic heterocycles. The average Bonchev–Trinajstić information content (AvgIpc) is 3.51. The Hall–Kier alpha value is -3.57. The fraction of sp³-hybridized carbons (Fsp3) is 0.350. The van der Waals surface area contributed by atoms with E-state index < -0.39 is 4.92 Å². The second-order valence-electron chi connectivity index (χ2n) is 7.55. The third-order valence-corrected chi connectivity index (χ3v) is 5.65. The van der Waals surface area contributed by atoms with Gasteiger partial charge in [-0.15, -0.1) is 0 Å². The van der Waals surface area contributed by atoms with Gasteiger partial charge in [0.15, 0.2) is 11.2 Å². The highest BCUT2D eigenvalue weighted by Gasteiger charge is 2.28. The quantitative estimate of drug-likeness (QED) is 0.368. The number of benzene rings is 1. The Labute approximate surface area is 175 Å². The summed E-state index contributed by atoms with van der Waals surface area (Å²) in [6.45, 7) is 0.502. The highest BCUT2D eigenvalue weighted by molar-refractivity contribution is 5.71. The number of nitro groups is 1. The van der Waals surface area contributed by atoms with Crippen molar-refractivity contribution < 1.29 is 14.8 Å². The number of hydrogen-bond acceptors (Lipinski definition) is 7. The summed E-state index contributed by atoms with van der Waals surface area (Å²) < 4.78 is 10.9. The van der Waals surface area contributed by atoms with Crippen LogP contribution in [-0.4, -0.2) is 46.2 Å². The Kier molecular flexibility index (Phi) is 4.75. The summed E-state index contributed by atoms with van der Waals surface area (Å²) in [5, 5.41) is 20.1. The van der Waals surface area contributed by atoms with Crippen LogP contribution in [0, 0.1) is 10.1 Å². The van der Waals surface area contributed by atoms with E-state index in [1.807, 2.05) is 4.57 Å². The summed E-state index contributed by atoms with van der Waals surface area (Å²) in [5.74, 6) is 0.484. The first-order valence-corrected chi connectivity index (χ1v) is 9.99. The predicted octanol–water partition coefficient (Wildman–Crippen LogP) is 1.67. The number of rotatable bonds is 6. The van der Waals surface area contributed by atoms with Crippen molar-refractivity contribution in [2.24, 2.45) is 0 Å². The van der Waals surface area contributed by atoms with Crippen LogP contribution >= 0.6 is 0 Å². The number of nitrogens with zero attached hydrogens (tertiary/aromatic N) is 6. The summed E-state index contributed by atoms with van der Waals surface area (Å²) in [6, 6.07) is 6.42. The van der Waals surface area contributed by atoms with Crippen molar-refractivity contribution >= 4 is 22.6 Å². The monoisotopic (exact) mass is 424 g/mol. The molecule has 1 fully saturated rings. The van der Waals surface area contributed by atoms with E-state index in [1.54, 1.807) is 35.4 Å². The van der Waals surface area contributed by atoms with Gasteiger partial charge in [0.2, 0.25) is 5.78 Å². The molecule has 5 rings (SSSR count). The second kappa shape index (κ2) is 7.60. The first kappa shape index (κ1) is 19.4. The molecule has 1 saturated heterocycles. The molecule has 11 heteroatoms. The number of imidazole rings is 2. The van der Waals surface area contributed by atoms with E-state index in [0.717, 1.165) is 12.0 Å². The van der Waals surface area contributed by atoms with Crippen LogP contribution in [0.1, 0.15) is 24.6 Å². The number of aryl methyl sites for hydroxylation is 2. The van der Waals surface area contributed by atoms with Gasteiger partial charge in [0.1, 0.15) is 6.23 Å². The highest BCUT2D eigenvalue weighted by Crippen LogP contribution is 2.29. The molecular formula is C20H20N6O5. The van der Waals surface area contributed by atoms with Crippen LogP contribution in [0.4, 0.5) is 5.69 Å². The summed E-state index contributed by atoms with van der Waals surface area (Å²) in [7, 11) is 0. The minimum absolute atomic E-state index is 0.0467. The number of aliphatic hydroxyl groups excluding tert-OH is 1. The number of aromatic nitrogens is 5. The number of ether oxygens (including phenoxy) is 1. The number of hydrogen-bond donors (Lipinski definition) is 1. The highest BCUT2D eigenvalue weighted by atomic mass is 16.6. The van der Waals surface area contributed by atoms with Gasteiger partial charge in [-0.3, -0.25) is 19.5 Å². The Bertz CT molecular complexity index is 1320. The summed E-state index contributed by atoms with van der Waals surface area (Å²) in [4.78, 5) is 32.2. The van der Waals surface area contributed by atoms with E-state index in [2.05, 4.69) is 4.98 Å². The molecule has 0 bridgehead atoms. The minimum Gasteiger partial charge on any atom is -0.394 e. The molecule has 160 valence electrons. The lowest BCUT2D eigenvalue weighted by Crippen LogP contribution is -2.18. The summed E-state index contributed by atoms with van der Waals surface area (Å²) in [6.07, 6.45) is 6.52. The van der Waals surface area contributed by atoms with Crippen molar-refractivity contribution in [3.8, 4) is 0 Å². The first-order valence-electron chi connectivity index (χ1n) is 9.99. The van der Waals surface area contributed by atoms with Gasteiger partial charge in [-0.25, -0.2) is 9.38 Å². The molecule has 0 saturated carbocycles. The van der Waals surface area contributed by atoms with Gasteiger partial charge >= 0.3 is 0 Å². The maximum atomic E-state index is 12.9. The summed E-state index contributed by atoms with van der Waals surface area (Å²) >= 11 is 0. The lowest BCUT2D eigenvalue weighted by atomic mass is 10.1. The minimum atomic E-state index is -0.426. The van der Waals surface area contributed by atoms with Crippen LogP contribution in [0.5, 0.6) is 0 Å². The van der Waals surface area contributed by atoms with Crippen molar-refractivity contribution in [2.75, 3.05) is 6.61 Å². The lowest BCUT2D eigenvalue weighted by molar-refractivity contribution is -0.384. The van der Waals surface area contributed by atoms with Gasteiger partial charge in [0.25, 0.3) is 11.2 Å². The second-order valence-corrected chi connectivity index (χ2v) is 7.55. The van der Waals surface area contributed by atoms with Crippen molar-refractivity contribution in [1.82, 2.24) is 23.5 Å². The summed E-state index contributed by atoms with van der Waals surface area (Å²) in [5.41, 5.74) is 1.45. The molecule has 4 heterocycles. The number of non-ortho nitro benzene ring substituents is 1. The van der Waals surface area contributed by atoms with Crippen molar-refractivity contribution in [3.05, 3.63) is 69.0 Å². The molecule has 0 spiro atoms. The van der Waals surface area contributed by atoms with Crippen LogP contribution in [0.3, 0.4) is 0 Å². The molecule has 3 aromatic heterocycles. The third-order valence-electron chi connectivity index (χ3n) is 5.65. The van der Waals surface area contributed by atoms with Gasteiger partial charge in [0, 0.05) is 31.1 Å². The molecule has 11 nitrogen and oxygen atoms in total. The number of nitro benzene ring substituents is 1. The number of aliphatic hydroxyl groups is 1. The molecule has 4 aromatic rings. The van der Waals surface area contributed by atoms with Crippen molar-refractivity contribution in [2.45, 2.75) is 38.1 Å². The molecule has 1 N–H and O–H groups in total. The Morgan fingerprint density at radius 1 is 1.23 bits per heavy atom. The zero-order valence-corrected chi connectivity index (χ0v) is 16.5. The van der Waals surface area contributed by atoms with E-state index in [9.17, 15) is 20.0 Å². The molecule has 2 atom stereocenters. The topological polar surface area (TPSA) is 130 Å². The van der Waals surface area contributed by atoms with Crippen LogP contribution in [0.15, 0.2) is 47.8 Å². The maximum Gasteiger partial charge on any atom is 0.287 e. The predicted molar refractivity (Wildman–Crippen MR) is 110 cm³/mol. The largest absolute Gasteiger partial charge is 0.394 e. The van der Waals surface area contributed by atoms with Crippen LogP contribution in [-0.2, 0) is 17.7 Å². The van der Waals surface area contributed by atoms with Gasteiger partial charge in [-0.1, -0.05) is 12.1 Å². The fourth-order valence-electron chi connectivity index (χ4n) is 3.97. The first-order chi connectivity index (χ1) is 15.0. The van der Waals surface area contributed by atoms with Crippen LogP contribution in [0.2, 0.25) is 0 Å². The lowest BCUT2D eigenvalue weighted by Gasteiger charge is -2.14. The van der Waals surface area contributed by atoms with E-state index >= 15 is 0 Å². The van der Waals surface area contributed by atoms with Gasteiger partial charge in [-0.2, -0.15) is 4.98 Å². The zero-order chi connectivity index (χ0) is 21.5. The molecular weight excluding hydrogens is 404 g/mol. The fourth-order valence-corrected chi connectivity index (χ4v) is 3.97. The van der Waals surface area contributed by atoms with Crippen molar-refractivity contribution in [3.63, 3.8) is 0 Å². The Balaban J connectivity index is 1.46. The standard InChI is InChI=1S/C20H20N6O5/c27-11-15-5-6-16(31-15)25-12-21-17-18(25)22-20-23(9-10-24(20)19(17)28)8-7-13-1-3-14(4-2-13)26(29)30/h1-4,9-10,12,15-16,27H,5-8,11H2/t15?,16-/m1/s1. The Morgan fingerprint density at radius 3 is 2.74 bits per heavy atom. The Morgan fingerprint density at radius 2 is 2.03 bits per heavy atom. The zero-order valence-electron chi connectivity index (χ0n) is 16.5. The van der Waals surface area contributed by atoms with E-state index in [1.165, 1.54) is 16.5 Å². The van der Waals surface area contributed by atoms with Gasteiger partial charge in [-0.05, 0) is 24.8 Å². The molecule has 1 unspecified atom stereocenters. The van der Waals surface area contributed by atoms with E-state index in [-0.39, 0.29) is 35.7 Å². The molecule has 31 heavy (non-hydrogen) atoms. The maximum absolute atomic E-state index is 12.9. The van der Waals surface area contributed by atoms with Gasteiger partial charge in [0.05, 0.1) is 24.0 Å². The molecule has 0 amide bonds. The van der Waals surface area contributed by atoms with Crippen LogP contribution in [0.25, 0.3) is 16.9 Å². The average molecular weight is 424 g/mol. The normalized spacial score (nSPS) is 18.9. The molecule has 1 aromatic carbocycles. The SMILES string of the molecule is O=c1c2ncn([C@H]3CCC(CO)O3)c2nc2n(CCc3ccc([N+](=O)[O-])cc3)ccn12. The third kappa shape index (κ3) is 3.37. The number of fused-ring (bicyclic) bond motifs is 2. The van der Waals surface area contributed by atoms with Crippen molar-refractivity contribution in [1.29, 1.82) is 0 Å². The van der Waals surface area contributed by atoms with E-state index in [0.29, 0.717) is 30.8 Å². The van der Waals surface area contributed by atoms with Crippen LogP contribution < -0.4 is 5.56 Å². The van der Waals surface area contributed by atoms with Gasteiger partial charge < -0.3 is 14.4 Å². The molecule has 1 aliphatic rings.